The summed E-state index contributed by atoms with van der Waals surface area (Å²) in [5, 5.41) is 11.7. The Morgan fingerprint density at radius 1 is 1.42 bits per heavy atom. The maximum Gasteiger partial charge on any atom is 0.188 e. The summed E-state index contributed by atoms with van der Waals surface area (Å²) in [5.74, 6) is 2.52. The van der Waals surface area contributed by atoms with Crippen LogP contribution in [0.25, 0.3) is 0 Å². The summed E-state index contributed by atoms with van der Waals surface area (Å²) in [6.45, 7) is 6.63. The Kier molecular flexibility index (Phi) is 4.24. The van der Waals surface area contributed by atoms with E-state index in [0.29, 0.717) is 5.69 Å². The van der Waals surface area contributed by atoms with Crippen LogP contribution in [0.1, 0.15) is 32.4 Å². The zero-order valence-electron chi connectivity index (χ0n) is 11.6. The van der Waals surface area contributed by atoms with Crippen LogP contribution in [0.2, 0.25) is 0 Å². The second kappa shape index (κ2) is 5.91. The van der Waals surface area contributed by atoms with Gasteiger partial charge in [-0.3, -0.25) is 0 Å². The number of hydrogen-bond acceptors (Lipinski definition) is 4. The minimum atomic E-state index is 0.0546. The summed E-state index contributed by atoms with van der Waals surface area (Å²) in [4.78, 5) is 6.72. The summed E-state index contributed by atoms with van der Waals surface area (Å²) in [5.41, 5.74) is 6.09. The van der Waals surface area contributed by atoms with Gasteiger partial charge in [-0.25, -0.2) is 4.98 Å². The molecule has 0 atom stereocenters. The molecule has 0 spiro atoms. The van der Waals surface area contributed by atoms with Crippen LogP contribution >= 0.6 is 0 Å². The Morgan fingerprint density at radius 3 is 2.68 bits per heavy atom. The van der Waals surface area contributed by atoms with Crippen molar-refractivity contribution in [2.75, 3.05) is 18.0 Å². The van der Waals surface area contributed by atoms with Gasteiger partial charge >= 0.3 is 0 Å². The molecule has 0 radical (unpaired) electrons. The minimum Gasteiger partial charge on any atom is -0.409 e. The fourth-order valence-corrected chi connectivity index (χ4v) is 2.59. The van der Waals surface area contributed by atoms with Crippen molar-refractivity contribution in [3.05, 3.63) is 23.9 Å². The van der Waals surface area contributed by atoms with Gasteiger partial charge in [0, 0.05) is 13.1 Å². The predicted octanol–water partition coefficient (Wildman–Crippen LogP) is 2.05. The van der Waals surface area contributed by atoms with Gasteiger partial charge in [0.2, 0.25) is 0 Å². The molecule has 0 aliphatic carbocycles. The molecule has 5 nitrogen and oxygen atoms in total. The molecule has 0 unspecified atom stereocenters. The third-order valence-corrected chi connectivity index (χ3v) is 3.91. The Morgan fingerprint density at radius 2 is 2.11 bits per heavy atom. The number of aromatic nitrogens is 1. The van der Waals surface area contributed by atoms with Crippen molar-refractivity contribution in [2.45, 2.75) is 26.7 Å². The lowest BCUT2D eigenvalue weighted by atomic mass is 9.87. The van der Waals surface area contributed by atoms with E-state index in [2.05, 4.69) is 28.9 Å². The van der Waals surface area contributed by atoms with Gasteiger partial charge in [-0.15, -0.1) is 0 Å². The summed E-state index contributed by atoms with van der Waals surface area (Å²) in [7, 11) is 0. The van der Waals surface area contributed by atoms with Crippen molar-refractivity contribution in [1.29, 1.82) is 0 Å². The van der Waals surface area contributed by atoms with Crippen LogP contribution in [0.15, 0.2) is 23.4 Å². The number of nitrogens with two attached hydrogens (primary N) is 1. The normalized spacial score (nSPS) is 18.1. The average Bonchev–Trinajstić information content (AvgIpc) is 2.46. The summed E-state index contributed by atoms with van der Waals surface area (Å²) in [6, 6.07) is 5.62. The van der Waals surface area contributed by atoms with Crippen LogP contribution in [0.5, 0.6) is 0 Å². The first-order valence-corrected chi connectivity index (χ1v) is 6.81. The van der Waals surface area contributed by atoms with Gasteiger partial charge in [0.15, 0.2) is 5.84 Å². The quantitative estimate of drug-likeness (QED) is 0.378. The highest BCUT2D eigenvalue weighted by molar-refractivity contribution is 5.95. The van der Waals surface area contributed by atoms with Gasteiger partial charge in [-0.2, -0.15) is 0 Å². The highest BCUT2D eigenvalue weighted by atomic mass is 16.4. The van der Waals surface area contributed by atoms with E-state index in [9.17, 15) is 0 Å². The van der Waals surface area contributed by atoms with E-state index in [0.717, 1.165) is 30.7 Å². The minimum absolute atomic E-state index is 0.0546. The third-order valence-electron chi connectivity index (χ3n) is 3.91. The summed E-state index contributed by atoms with van der Waals surface area (Å²) in [6.07, 6.45) is 2.40. The lowest BCUT2D eigenvalue weighted by Gasteiger charge is -2.34. The van der Waals surface area contributed by atoms with Gasteiger partial charge in [-0.05, 0) is 36.8 Å². The molecule has 0 saturated carbocycles. The number of rotatable bonds is 3. The second-order valence-electron chi connectivity index (χ2n) is 5.43. The van der Waals surface area contributed by atoms with Gasteiger partial charge in [-0.1, -0.05) is 25.1 Å². The number of piperidine rings is 1. The van der Waals surface area contributed by atoms with Gasteiger partial charge < -0.3 is 15.8 Å². The molecule has 0 bridgehead atoms. The van der Waals surface area contributed by atoms with Gasteiger partial charge in [0.25, 0.3) is 0 Å². The maximum atomic E-state index is 8.69. The van der Waals surface area contributed by atoms with Crippen LogP contribution in [-0.2, 0) is 0 Å². The molecular formula is C14H22N4O. The molecule has 1 aliphatic heterocycles. The molecule has 2 rings (SSSR count). The predicted molar refractivity (Wildman–Crippen MR) is 76.5 cm³/mol. The molecular weight excluding hydrogens is 240 g/mol. The number of nitrogens with zero attached hydrogens (tertiary/aromatic N) is 3. The van der Waals surface area contributed by atoms with Crippen molar-refractivity contribution >= 4 is 11.7 Å². The molecule has 104 valence electrons. The van der Waals surface area contributed by atoms with E-state index in [4.69, 9.17) is 10.9 Å². The van der Waals surface area contributed by atoms with E-state index < -0.39 is 0 Å². The average molecular weight is 262 g/mol. The van der Waals surface area contributed by atoms with Gasteiger partial charge in [0.1, 0.15) is 11.5 Å². The molecule has 1 fully saturated rings. The zero-order valence-corrected chi connectivity index (χ0v) is 11.6. The molecule has 1 aromatic rings. The first kappa shape index (κ1) is 13.6. The standard InChI is InChI=1S/C14H22N4O/c1-10(2)11-6-8-18(9-7-11)13-5-3-4-12(16-13)14(15)17-19/h3-5,10-11,19H,6-9H2,1-2H3,(H2,15,17). The van der Waals surface area contributed by atoms with Crippen molar-refractivity contribution in [3.63, 3.8) is 0 Å². The first-order chi connectivity index (χ1) is 9.11. The molecule has 1 aliphatic rings. The molecule has 0 amide bonds. The van der Waals surface area contributed by atoms with Crippen molar-refractivity contribution in [3.8, 4) is 0 Å². The molecule has 1 aromatic heterocycles. The van der Waals surface area contributed by atoms with Crippen molar-refractivity contribution in [2.24, 2.45) is 22.7 Å². The summed E-state index contributed by atoms with van der Waals surface area (Å²) >= 11 is 0. The monoisotopic (exact) mass is 262 g/mol. The number of oxime groups is 1. The Bertz CT molecular complexity index is 451. The zero-order chi connectivity index (χ0) is 13.8. The number of anilines is 1. The molecule has 3 N–H and O–H groups in total. The molecule has 0 aromatic carbocycles. The lowest BCUT2D eigenvalue weighted by molar-refractivity contribution is 0.310. The van der Waals surface area contributed by atoms with Crippen molar-refractivity contribution < 1.29 is 5.21 Å². The van der Waals surface area contributed by atoms with Crippen LogP contribution in [0.3, 0.4) is 0 Å². The van der Waals surface area contributed by atoms with E-state index in [1.54, 1.807) is 6.07 Å². The van der Waals surface area contributed by atoms with Gasteiger partial charge in [0.05, 0.1) is 0 Å². The molecule has 19 heavy (non-hydrogen) atoms. The largest absolute Gasteiger partial charge is 0.409 e. The SMILES string of the molecule is CC(C)C1CCN(c2cccc(/C(N)=N/O)n2)CC1. The summed E-state index contributed by atoms with van der Waals surface area (Å²) < 4.78 is 0. The Labute approximate surface area is 114 Å². The maximum absolute atomic E-state index is 8.69. The van der Waals surface area contributed by atoms with E-state index in [1.165, 1.54) is 12.8 Å². The van der Waals surface area contributed by atoms with E-state index in [-0.39, 0.29) is 5.84 Å². The molecule has 2 heterocycles. The number of hydrogen-bond donors (Lipinski definition) is 2. The number of amidine groups is 1. The second-order valence-corrected chi connectivity index (χ2v) is 5.43. The number of pyridine rings is 1. The first-order valence-electron chi connectivity index (χ1n) is 6.81. The topological polar surface area (TPSA) is 74.7 Å². The fourth-order valence-electron chi connectivity index (χ4n) is 2.59. The van der Waals surface area contributed by atoms with Crippen LogP contribution in [0.4, 0.5) is 5.82 Å². The Balaban J connectivity index is 2.07. The van der Waals surface area contributed by atoms with Crippen molar-refractivity contribution in [1.82, 2.24) is 4.98 Å². The van der Waals surface area contributed by atoms with E-state index >= 15 is 0 Å². The smallest absolute Gasteiger partial charge is 0.188 e. The van der Waals surface area contributed by atoms with Crippen LogP contribution in [0, 0.1) is 11.8 Å². The lowest BCUT2D eigenvalue weighted by Crippen LogP contribution is -2.36. The fraction of sp³-hybridized carbons (Fsp3) is 0.571. The van der Waals surface area contributed by atoms with Crippen LogP contribution in [-0.4, -0.2) is 29.1 Å². The molecule has 5 heteroatoms. The van der Waals surface area contributed by atoms with Crippen LogP contribution < -0.4 is 10.6 Å². The third kappa shape index (κ3) is 3.16. The van der Waals surface area contributed by atoms with E-state index in [1.807, 2.05) is 12.1 Å². The highest BCUT2D eigenvalue weighted by Gasteiger charge is 2.22. The molecule has 1 saturated heterocycles. The Hall–Kier alpha value is -1.78. The highest BCUT2D eigenvalue weighted by Crippen LogP contribution is 2.26.